The lowest BCUT2D eigenvalue weighted by Crippen LogP contribution is -2.03. The highest BCUT2D eigenvalue weighted by atomic mass is 15.1. The zero-order valence-electron chi connectivity index (χ0n) is 34.3. The molecule has 0 aliphatic carbocycles. The molecular weight excluding hydrogens is 757 g/mol. The van der Waals surface area contributed by atoms with Gasteiger partial charge in [0.15, 0.2) is 0 Å². The van der Waals surface area contributed by atoms with Crippen molar-refractivity contribution in [2.24, 2.45) is 0 Å². The molecule has 0 aliphatic heterocycles. The minimum absolute atomic E-state index is 0.857. The van der Waals surface area contributed by atoms with Crippen molar-refractivity contribution >= 4 is 28.3 Å². The zero-order valence-corrected chi connectivity index (χ0v) is 34.3. The molecule has 0 fully saturated rings. The van der Waals surface area contributed by atoms with Crippen molar-refractivity contribution in [1.82, 2.24) is 28.7 Å². The van der Waals surface area contributed by atoms with Crippen LogP contribution in [-0.4, -0.2) is 28.7 Å². The Morgan fingerprint density at radius 3 is 1.27 bits per heavy atom. The number of benzene rings is 7. The first-order chi connectivity index (χ1) is 30.6. The van der Waals surface area contributed by atoms with Gasteiger partial charge in [-0.1, -0.05) is 194 Å². The van der Waals surface area contributed by atoms with Crippen LogP contribution < -0.4 is 0 Å². The zero-order chi connectivity index (χ0) is 41.6. The lowest BCUT2D eigenvalue weighted by molar-refractivity contribution is 1.06. The Balaban J connectivity index is 1.03. The third-order valence-electron chi connectivity index (χ3n) is 11.6. The Morgan fingerprint density at radius 1 is 0.371 bits per heavy atom. The predicted octanol–water partition coefficient (Wildman–Crippen LogP) is 13.9. The SMILES string of the molecule is C/C=C\c1c(C)nc(-c2ccccc2)n2c(-c3ccccc3)c(-c3ccc(-c4ccc(-c5nc6c7ccccc7nc(-c7ccccc7)n6c5-c5ccccc5)cc4)cc3)nc12. The molecule has 11 rings (SSSR count). The van der Waals surface area contributed by atoms with Gasteiger partial charge in [-0.05, 0) is 37.1 Å². The average Bonchev–Trinajstić information content (AvgIpc) is 3.94. The van der Waals surface area contributed by atoms with E-state index in [0.717, 1.165) is 112 Å². The standard InChI is InChI=1S/C56H40N6/c1-3-18-46-37(2)57-53(44-23-12-6-13-24-44)61-51(42-19-8-4-9-20-42)49(59-55(46)61)40-33-29-38(30-34-40)39-31-35-41(36-32-39)50-52(43-21-10-5-11-22-43)62-54(45-25-14-7-15-26-45)58-48-28-17-16-27-47(48)56(62)60-50/h3-36H,1-2H3/b18-3-. The summed E-state index contributed by atoms with van der Waals surface area (Å²) < 4.78 is 4.47. The Labute approximate surface area is 359 Å². The number of para-hydroxylation sites is 1. The highest BCUT2D eigenvalue weighted by Gasteiger charge is 2.24. The Hall–Kier alpha value is -8.22. The van der Waals surface area contributed by atoms with Crippen molar-refractivity contribution in [2.45, 2.75) is 13.8 Å². The molecule has 4 aromatic heterocycles. The van der Waals surface area contributed by atoms with E-state index in [1.165, 1.54) is 0 Å². The van der Waals surface area contributed by atoms with Gasteiger partial charge >= 0.3 is 0 Å². The van der Waals surface area contributed by atoms with Crippen molar-refractivity contribution in [3.8, 4) is 78.9 Å². The van der Waals surface area contributed by atoms with Gasteiger partial charge in [-0.25, -0.2) is 19.9 Å². The van der Waals surface area contributed by atoms with Crippen LogP contribution in [0, 0.1) is 6.92 Å². The number of aryl methyl sites for hydroxylation is 1. The Kier molecular flexibility index (Phi) is 9.16. The molecule has 4 heterocycles. The van der Waals surface area contributed by atoms with Crippen LogP contribution in [0.1, 0.15) is 18.2 Å². The summed E-state index contributed by atoms with van der Waals surface area (Å²) in [5.41, 5.74) is 17.0. The molecule has 6 heteroatoms. The van der Waals surface area contributed by atoms with Gasteiger partial charge in [0, 0.05) is 44.3 Å². The highest BCUT2D eigenvalue weighted by molar-refractivity contribution is 5.98. The van der Waals surface area contributed by atoms with Crippen molar-refractivity contribution in [1.29, 1.82) is 0 Å². The van der Waals surface area contributed by atoms with Crippen LogP contribution in [0.15, 0.2) is 200 Å². The monoisotopic (exact) mass is 796 g/mol. The molecule has 0 saturated carbocycles. The maximum Gasteiger partial charge on any atom is 0.149 e. The fourth-order valence-corrected chi connectivity index (χ4v) is 8.66. The molecule has 0 saturated heterocycles. The summed E-state index contributed by atoms with van der Waals surface area (Å²) >= 11 is 0. The van der Waals surface area contributed by atoms with Crippen LogP contribution in [0.4, 0.5) is 0 Å². The van der Waals surface area contributed by atoms with Crippen LogP contribution in [-0.2, 0) is 0 Å². The lowest BCUT2D eigenvalue weighted by atomic mass is 9.98. The van der Waals surface area contributed by atoms with Crippen molar-refractivity contribution < 1.29 is 0 Å². The number of hydrogen-bond donors (Lipinski definition) is 0. The molecule has 0 bridgehead atoms. The van der Waals surface area contributed by atoms with Crippen LogP contribution >= 0.6 is 0 Å². The van der Waals surface area contributed by atoms with Gasteiger partial charge in [0.05, 0.1) is 34.0 Å². The van der Waals surface area contributed by atoms with Crippen LogP contribution in [0.5, 0.6) is 0 Å². The summed E-state index contributed by atoms with van der Waals surface area (Å²) in [6.45, 7) is 4.10. The lowest BCUT2D eigenvalue weighted by Gasteiger charge is -2.13. The molecule has 0 aliphatic rings. The quantitative estimate of drug-likeness (QED) is 0.154. The van der Waals surface area contributed by atoms with Crippen LogP contribution in [0.2, 0.25) is 0 Å². The normalized spacial score (nSPS) is 11.6. The van der Waals surface area contributed by atoms with E-state index in [1.807, 2.05) is 25.1 Å². The summed E-state index contributed by atoms with van der Waals surface area (Å²) in [6.07, 6.45) is 4.17. The Bertz CT molecular complexity index is 3420. The van der Waals surface area contributed by atoms with E-state index < -0.39 is 0 Å². The molecule has 7 aromatic carbocycles. The van der Waals surface area contributed by atoms with Gasteiger partial charge in [-0.15, -0.1) is 0 Å². The molecule has 0 radical (unpaired) electrons. The number of hydrogen-bond acceptors (Lipinski definition) is 4. The first-order valence-electron chi connectivity index (χ1n) is 20.9. The van der Waals surface area contributed by atoms with E-state index in [1.54, 1.807) is 0 Å². The molecule has 0 unspecified atom stereocenters. The van der Waals surface area contributed by atoms with Gasteiger partial charge in [0.1, 0.15) is 22.9 Å². The topological polar surface area (TPSA) is 60.4 Å². The molecule has 0 N–H and O–H groups in total. The van der Waals surface area contributed by atoms with Gasteiger partial charge in [0.25, 0.3) is 0 Å². The number of rotatable bonds is 8. The molecule has 11 aromatic rings. The number of fused-ring (bicyclic) bond motifs is 4. The first-order valence-corrected chi connectivity index (χ1v) is 20.9. The number of allylic oxidation sites excluding steroid dienone is 1. The fraction of sp³-hybridized carbons (Fsp3) is 0.0357. The largest absolute Gasteiger partial charge is 0.275 e. The van der Waals surface area contributed by atoms with E-state index in [0.29, 0.717) is 0 Å². The van der Waals surface area contributed by atoms with Crippen LogP contribution in [0.25, 0.3) is 107 Å². The molecule has 6 nitrogen and oxygen atoms in total. The third-order valence-corrected chi connectivity index (χ3v) is 11.6. The van der Waals surface area contributed by atoms with Crippen LogP contribution in [0.3, 0.4) is 0 Å². The van der Waals surface area contributed by atoms with Crippen molar-refractivity contribution in [2.75, 3.05) is 0 Å². The van der Waals surface area contributed by atoms with Gasteiger partial charge in [0.2, 0.25) is 0 Å². The summed E-state index contributed by atoms with van der Waals surface area (Å²) in [7, 11) is 0. The minimum atomic E-state index is 0.857. The minimum Gasteiger partial charge on any atom is -0.275 e. The average molecular weight is 797 g/mol. The highest BCUT2D eigenvalue weighted by Crippen LogP contribution is 2.40. The van der Waals surface area contributed by atoms with E-state index in [2.05, 4.69) is 204 Å². The van der Waals surface area contributed by atoms with E-state index in [-0.39, 0.29) is 0 Å². The number of imidazole rings is 2. The second-order valence-corrected chi connectivity index (χ2v) is 15.4. The summed E-state index contributed by atoms with van der Waals surface area (Å²) in [5.74, 6) is 1.72. The summed E-state index contributed by atoms with van der Waals surface area (Å²) in [4.78, 5) is 21.3. The predicted molar refractivity (Wildman–Crippen MR) is 255 cm³/mol. The summed E-state index contributed by atoms with van der Waals surface area (Å²) in [5, 5.41) is 1.01. The van der Waals surface area contributed by atoms with E-state index in [9.17, 15) is 0 Å². The maximum absolute atomic E-state index is 5.43. The summed E-state index contributed by atoms with van der Waals surface area (Å²) in [6, 6.07) is 67.6. The first kappa shape index (κ1) is 36.8. The second-order valence-electron chi connectivity index (χ2n) is 15.4. The van der Waals surface area contributed by atoms with E-state index in [4.69, 9.17) is 19.9 Å². The molecule has 62 heavy (non-hydrogen) atoms. The fourth-order valence-electron chi connectivity index (χ4n) is 8.66. The number of nitrogens with zero attached hydrogens (tertiary/aromatic N) is 6. The number of aromatic nitrogens is 6. The Morgan fingerprint density at radius 2 is 0.774 bits per heavy atom. The van der Waals surface area contributed by atoms with Gasteiger partial charge in [-0.2, -0.15) is 0 Å². The smallest absolute Gasteiger partial charge is 0.149 e. The second kappa shape index (κ2) is 15.4. The third kappa shape index (κ3) is 6.28. The molecule has 294 valence electrons. The van der Waals surface area contributed by atoms with Crippen molar-refractivity contribution in [3.05, 3.63) is 211 Å². The molecular formula is C56H40N6. The molecule has 0 spiro atoms. The molecule has 0 amide bonds. The van der Waals surface area contributed by atoms with Crippen molar-refractivity contribution in [3.63, 3.8) is 0 Å². The molecule has 0 atom stereocenters. The maximum atomic E-state index is 5.43. The van der Waals surface area contributed by atoms with Gasteiger partial charge in [-0.3, -0.25) is 8.80 Å². The van der Waals surface area contributed by atoms with Gasteiger partial charge < -0.3 is 0 Å². The van der Waals surface area contributed by atoms with E-state index >= 15 is 0 Å².